The summed E-state index contributed by atoms with van der Waals surface area (Å²) in [6.07, 6.45) is 1.48. The number of amides is 2. The fourth-order valence-corrected chi connectivity index (χ4v) is 3.26. The summed E-state index contributed by atoms with van der Waals surface area (Å²) in [6, 6.07) is 11.5. The smallest absolute Gasteiger partial charge is 0.266 e. The quantitative estimate of drug-likeness (QED) is 0.660. The number of nitrogens with zero attached hydrogens (tertiary/aromatic N) is 1. The first-order chi connectivity index (χ1) is 12.0. The van der Waals surface area contributed by atoms with Gasteiger partial charge in [-0.2, -0.15) is 0 Å². The number of carbonyl (C=O) groups is 2. The molecule has 0 atom stereocenters. The number of thiophene rings is 1. The van der Waals surface area contributed by atoms with E-state index in [9.17, 15) is 9.59 Å². The Hall–Kier alpha value is -2.41. The first-order valence-corrected chi connectivity index (χ1v) is 8.74. The van der Waals surface area contributed by atoms with Crippen molar-refractivity contribution in [3.05, 3.63) is 74.5 Å². The van der Waals surface area contributed by atoms with Crippen LogP contribution in [0.3, 0.4) is 0 Å². The van der Waals surface area contributed by atoms with E-state index in [1.807, 2.05) is 5.38 Å². The van der Waals surface area contributed by atoms with E-state index < -0.39 is 5.91 Å². The highest BCUT2D eigenvalue weighted by atomic mass is 35.5. The number of carbonyl (C=O) groups excluding carboxylic acids is 2. The third kappa shape index (κ3) is 4.17. The summed E-state index contributed by atoms with van der Waals surface area (Å²) in [6.45, 7) is 0. The minimum atomic E-state index is -0.447. The van der Waals surface area contributed by atoms with Crippen LogP contribution in [0.2, 0.25) is 10.0 Å². The average molecular weight is 392 g/mol. The van der Waals surface area contributed by atoms with Gasteiger partial charge in [0.1, 0.15) is 5.82 Å². The Bertz CT molecular complexity index is 909. The van der Waals surface area contributed by atoms with Crippen LogP contribution in [0, 0.1) is 0 Å². The van der Waals surface area contributed by atoms with Crippen molar-refractivity contribution < 1.29 is 9.59 Å². The number of hydrogen-bond donors (Lipinski definition) is 2. The normalized spacial score (nSPS) is 10.3. The second kappa shape index (κ2) is 7.65. The largest absolute Gasteiger partial charge is 0.322 e. The predicted octanol–water partition coefficient (Wildman–Crippen LogP) is 4.95. The molecule has 2 N–H and O–H groups in total. The maximum absolute atomic E-state index is 12.4. The summed E-state index contributed by atoms with van der Waals surface area (Å²) in [4.78, 5) is 29.1. The molecule has 0 saturated heterocycles. The number of pyridine rings is 1. The summed E-state index contributed by atoms with van der Waals surface area (Å²) in [5.74, 6) is -0.390. The second-order valence-corrected chi connectivity index (χ2v) is 6.67. The van der Waals surface area contributed by atoms with Crippen LogP contribution in [0.4, 0.5) is 11.5 Å². The standard InChI is InChI=1S/C17H11Cl2N3O2S/c18-11-3-1-4-12(19)15(11)17(24)21-10-6-7-20-14(9-10)22-16(23)13-5-2-8-25-13/h1-9H,(H2,20,21,22,23,24). The van der Waals surface area contributed by atoms with Gasteiger partial charge >= 0.3 is 0 Å². The molecule has 0 aliphatic heterocycles. The zero-order valence-corrected chi connectivity index (χ0v) is 15.0. The van der Waals surface area contributed by atoms with Crippen molar-refractivity contribution in [1.29, 1.82) is 0 Å². The number of aromatic nitrogens is 1. The van der Waals surface area contributed by atoms with Crippen molar-refractivity contribution >= 4 is 57.9 Å². The van der Waals surface area contributed by atoms with Crippen LogP contribution in [-0.2, 0) is 0 Å². The van der Waals surface area contributed by atoms with Crippen LogP contribution in [-0.4, -0.2) is 16.8 Å². The predicted molar refractivity (Wildman–Crippen MR) is 101 cm³/mol. The topological polar surface area (TPSA) is 71.1 Å². The molecule has 0 unspecified atom stereocenters. The van der Waals surface area contributed by atoms with Gasteiger partial charge in [0.25, 0.3) is 11.8 Å². The Labute approximate surface area is 157 Å². The van der Waals surface area contributed by atoms with Gasteiger partial charge in [0.15, 0.2) is 0 Å². The van der Waals surface area contributed by atoms with Crippen LogP contribution in [0.25, 0.3) is 0 Å². The van der Waals surface area contributed by atoms with Crippen LogP contribution in [0.15, 0.2) is 54.0 Å². The Morgan fingerprint density at radius 3 is 2.40 bits per heavy atom. The van der Waals surface area contributed by atoms with Gasteiger partial charge in [0.2, 0.25) is 0 Å². The molecule has 0 spiro atoms. The lowest BCUT2D eigenvalue weighted by Crippen LogP contribution is -2.15. The number of nitrogens with one attached hydrogen (secondary N) is 2. The van der Waals surface area contributed by atoms with E-state index in [1.165, 1.54) is 17.5 Å². The molecule has 0 aliphatic rings. The third-order valence-electron chi connectivity index (χ3n) is 3.19. The fraction of sp³-hybridized carbons (Fsp3) is 0. The third-order valence-corrected chi connectivity index (χ3v) is 4.69. The monoisotopic (exact) mass is 391 g/mol. The molecule has 3 aromatic rings. The molecule has 0 radical (unpaired) electrons. The van der Waals surface area contributed by atoms with Crippen molar-refractivity contribution in [2.24, 2.45) is 0 Å². The molecule has 0 fully saturated rings. The summed E-state index contributed by atoms with van der Waals surface area (Å²) < 4.78 is 0. The van der Waals surface area contributed by atoms with E-state index in [0.717, 1.165) is 0 Å². The highest BCUT2D eigenvalue weighted by molar-refractivity contribution is 7.12. The van der Waals surface area contributed by atoms with Gasteiger partial charge in [-0.15, -0.1) is 11.3 Å². The maximum atomic E-state index is 12.4. The van der Waals surface area contributed by atoms with E-state index in [-0.39, 0.29) is 21.5 Å². The van der Waals surface area contributed by atoms with E-state index in [2.05, 4.69) is 15.6 Å². The van der Waals surface area contributed by atoms with Crippen LogP contribution < -0.4 is 10.6 Å². The molecular formula is C17H11Cl2N3O2S. The molecule has 8 heteroatoms. The minimum Gasteiger partial charge on any atom is -0.322 e. The number of benzene rings is 1. The number of halogens is 2. The summed E-state index contributed by atoms with van der Waals surface area (Å²) in [7, 11) is 0. The minimum absolute atomic E-state index is 0.187. The lowest BCUT2D eigenvalue weighted by Gasteiger charge is -2.09. The van der Waals surface area contributed by atoms with Crippen LogP contribution >= 0.6 is 34.5 Å². The molecule has 2 aromatic heterocycles. The van der Waals surface area contributed by atoms with Crippen molar-refractivity contribution in [3.8, 4) is 0 Å². The molecule has 1 aromatic carbocycles. The zero-order chi connectivity index (χ0) is 17.8. The molecule has 0 aliphatic carbocycles. The molecule has 126 valence electrons. The molecule has 0 bridgehead atoms. The van der Waals surface area contributed by atoms with Crippen molar-refractivity contribution in [2.75, 3.05) is 10.6 Å². The molecule has 2 amide bonds. The first-order valence-electron chi connectivity index (χ1n) is 7.11. The number of hydrogen-bond acceptors (Lipinski definition) is 4. The first kappa shape index (κ1) is 17.4. The highest BCUT2D eigenvalue weighted by Crippen LogP contribution is 2.25. The van der Waals surface area contributed by atoms with Gasteiger partial charge in [0.05, 0.1) is 20.5 Å². The lowest BCUT2D eigenvalue weighted by atomic mass is 10.2. The zero-order valence-electron chi connectivity index (χ0n) is 12.6. The molecule has 3 rings (SSSR count). The maximum Gasteiger partial charge on any atom is 0.266 e. The fourth-order valence-electron chi connectivity index (χ4n) is 2.07. The van der Waals surface area contributed by atoms with Gasteiger partial charge in [-0.1, -0.05) is 35.3 Å². The van der Waals surface area contributed by atoms with Gasteiger partial charge < -0.3 is 10.6 Å². The number of rotatable bonds is 4. The summed E-state index contributed by atoms with van der Waals surface area (Å²) in [5, 5.41) is 7.69. The molecule has 0 saturated carbocycles. The van der Waals surface area contributed by atoms with Crippen LogP contribution in [0.5, 0.6) is 0 Å². The van der Waals surface area contributed by atoms with Gasteiger partial charge in [-0.05, 0) is 29.6 Å². The van der Waals surface area contributed by atoms with Gasteiger partial charge in [0, 0.05) is 18.0 Å². The SMILES string of the molecule is O=C(Nc1cc(NC(=O)c2c(Cl)cccc2Cl)ccn1)c1cccs1. The van der Waals surface area contributed by atoms with Crippen LogP contribution in [0.1, 0.15) is 20.0 Å². The van der Waals surface area contributed by atoms with E-state index >= 15 is 0 Å². The Morgan fingerprint density at radius 1 is 0.960 bits per heavy atom. The van der Waals surface area contributed by atoms with E-state index in [4.69, 9.17) is 23.2 Å². The van der Waals surface area contributed by atoms with Gasteiger partial charge in [-0.3, -0.25) is 9.59 Å². The molecular weight excluding hydrogens is 381 g/mol. The highest BCUT2D eigenvalue weighted by Gasteiger charge is 2.15. The summed E-state index contributed by atoms with van der Waals surface area (Å²) in [5.41, 5.74) is 0.643. The summed E-state index contributed by atoms with van der Waals surface area (Å²) >= 11 is 13.4. The Morgan fingerprint density at radius 2 is 1.72 bits per heavy atom. The van der Waals surface area contributed by atoms with E-state index in [0.29, 0.717) is 16.4 Å². The molecule has 25 heavy (non-hydrogen) atoms. The Balaban J connectivity index is 1.76. The second-order valence-electron chi connectivity index (χ2n) is 4.91. The van der Waals surface area contributed by atoms with E-state index in [1.54, 1.807) is 42.5 Å². The van der Waals surface area contributed by atoms with Crippen molar-refractivity contribution in [2.45, 2.75) is 0 Å². The lowest BCUT2D eigenvalue weighted by molar-refractivity contribution is 0.102. The van der Waals surface area contributed by atoms with Gasteiger partial charge in [-0.25, -0.2) is 4.98 Å². The molecule has 2 heterocycles. The Kier molecular flexibility index (Phi) is 5.33. The van der Waals surface area contributed by atoms with Crippen molar-refractivity contribution in [3.63, 3.8) is 0 Å². The molecule has 5 nitrogen and oxygen atoms in total. The van der Waals surface area contributed by atoms with Crippen molar-refractivity contribution in [1.82, 2.24) is 4.98 Å². The average Bonchev–Trinajstić information content (AvgIpc) is 3.09. The number of anilines is 2.